The lowest BCUT2D eigenvalue weighted by Gasteiger charge is -2.16. The second kappa shape index (κ2) is 8.81. The molecular formula is C20H24ClNO4. The van der Waals surface area contributed by atoms with Crippen LogP contribution in [0.5, 0.6) is 17.2 Å². The standard InChI is InChI=1S/C20H24ClNO4/c1-12(2)17-10-18(21)13(3)6-19(17)26-11-20(23)22-14-7-15(24-4)9-16(8-14)25-5/h6-10,12H,11H2,1-5H3,(H,22,23). The number of nitrogens with one attached hydrogen (secondary N) is 1. The number of benzene rings is 2. The van der Waals surface area contributed by atoms with Crippen LogP contribution in [0, 0.1) is 6.92 Å². The number of halogens is 1. The summed E-state index contributed by atoms with van der Waals surface area (Å²) in [4.78, 5) is 12.3. The molecule has 0 saturated heterocycles. The third kappa shape index (κ3) is 5.05. The molecule has 0 heterocycles. The van der Waals surface area contributed by atoms with E-state index in [1.807, 2.05) is 19.1 Å². The first kappa shape index (κ1) is 19.9. The number of aryl methyl sites for hydroxylation is 1. The minimum absolute atomic E-state index is 0.111. The van der Waals surface area contributed by atoms with Gasteiger partial charge in [-0.05, 0) is 36.1 Å². The molecule has 0 aliphatic heterocycles. The predicted molar refractivity (Wildman–Crippen MR) is 104 cm³/mol. The van der Waals surface area contributed by atoms with Gasteiger partial charge in [0.2, 0.25) is 0 Å². The quantitative estimate of drug-likeness (QED) is 0.752. The van der Waals surface area contributed by atoms with Crippen molar-refractivity contribution in [3.63, 3.8) is 0 Å². The van der Waals surface area contributed by atoms with E-state index in [9.17, 15) is 4.79 Å². The summed E-state index contributed by atoms with van der Waals surface area (Å²) in [6.07, 6.45) is 0. The Bertz CT molecular complexity index is 767. The van der Waals surface area contributed by atoms with Crippen LogP contribution in [0.25, 0.3) is 0 Å². The zero-order valence-electron chi connectivity index (χ0n) is 15.7. The van der Waals surface area contributed by atoms with Crippen molar-refractivity contribution < 1.29 is 19.0 Å². The van der Waals surface area contributed by atoms with E-state index < -0.39 is 0 Å². The van der Waals surface area contributed by atoms with E-state index in [0.29, 0.717) is 28.0 Å². The molecule has 0 unspecified atom stereocenters. The van der Waals surface area contributed by atoms with Gasteiger partial charge in [-0.15, -0.1) is 0 Å². The molecule has 5 nitrogen and oxygen atoms in total. The van der Waals surface area contributed by atoms with Crippen molar-refractivity contribution in [2.45, 2.75) is 26.7 Å². The highest BCUT2D eigenvalue weighted by Gasteiger charge is 2.13. The van der Waals surface area contributed by atoms with Crippen LogP contribution in [0.3, 0.4) is 0 Å². The fraction of sp³-hybridized carbons (Fsp3) is 0.350. The van der Waals surface area contributed by atoms with Crippen LogP contribution in [0.1, 0.15) is 30.9 Å². The van der Waals surface area contributed by atoms with Gasteiger partial charge in [0, 0.05) is 28.9 Å². The highest BCUT2D eigenvalue weighted by molar-refractivity contribution is 6.31. The van der Waals surface area contributed by atoms with Gasteiger partial charge in [0.15, 0.2) is 6.61 Å². The molecule has 0 spiro atoms. The van der Waals surface area contributed by atoms with Gasteiger partial charge < -0.3 is 19.5 Å². The zero-order chi connectivity index (χ0) is 19.3. The van der Waals surface area contributed by atoms with Gasteiger partial charge in [-0.1, -0.05) is 25.4 Å². The second-order valence-electron chi connectivity index (χ2n) is 6.23. The Morgan fingerprint density at radius 1 is 1.08 bits per heavy atom. The van der Waals surface area contributed by atoms with E-state index in [0.717, 1.165) is 11.1 Å². The summed E-state index contributed by atoms with van der Waals surface area (Å²) in [6.45, 7) is 5.90. The molecule has 0 aromatic heterocycles. The maximum Gasteiger partial charge on any atom is 0.262 e. The number of hydrogen-bond donors (Lipinski definition) is 1. The molecule has 1 amide bonds. The number of hydrogen-bond acceptors (Lipinski definition) is 4. The average Bonchev–Trinajstić information content (AvgIpc) is 2.61. The first-order valence-corrected chi connectivity index (χ1v) is 8.67. The molecule has 0 bridgehead atoms. The normalized spacial score (nSPS) is 10.6. The van der Waals surface area contributed by atoms with Crippen LogP contribution in [0.4, 0.5) is 5.69 Å². The van der Waals surface area contributed by atoms with E-state index in [1.54, 1.807) is 32.4 Å². The van der Waals surface area contributed by atoms with Crippen molar-refractivity contribution in [3.05, 3.63) is 46.5 Å². The molecule has 0 aliphatic rings. The molecule has 0 atom stereocenters. The summed E-state index contributed by atoms with van der Waals surface area (Å²) in [5.74, 6) is 1.81. The van der Waals surface area contributed by atoms with Gasteiger partial charge in [-0.2, -0.15) is 0 Å². The lowest BCUT2D eigenvalue weighted by molar-refractivity contribution is -0.118. The van der Waals surface area contributed by atoms with Gasteiger partial charge in [0.25, 0.3) is 5.91 Å². The van der Waals surface area contributed by atoms with E-state index in [-0.39, 0.29) is 18.4 Å². The van der Waals surface area contributed by atoms with Crippen molar-refractivity contribution in [2.75, 3.05) is 26.1 Å². The van der Waals surface area contributed by atoms with Crippen LogP contribution in [-0.2, 0) is 4.79 Å². The third-order valence-electron chi connectivity index (χ3n) is 3.91. The predicted octanol–water partition coefficient (Wildman–Crippen LogP) is 4.81. The van der Waals surface area contributed by atoms with Gasteiger partial charge in [0.1, 0.15) is 17.2 Å². The van der Waals surface area contributed by atoms with Crippen LogP contribution < -0.4 is 19.5 Å². The van der Waals surface area contributed by atoms with E-state index >= 15 is 0 Å². The molecule has 6 heteroatoms. The van der Waals surface area contributed by atoms with E-state index in [4.69, 9.17) is 25.8 Å². The van der Waals surface area contributed by atoms with Crippen molar-refractivity contribution in [1.82, 2.24) is 0 Å². The van der Waals surface area contributed by atoms with Crippen molar-refractivity contribution in [1.29, 1.82) is 0 Å². The fourth-order valence-electron chi connectivity index (χ4n) is 2.47. The van der Waals surface area contributed by atoms with Crippen LogP contribution in [-0.4, -0.2) is 26.7 Å². The van der Waals surface area contributed by atoms with Gasteiger partial charge >= 0.3 is 0 Å². The minimum Gasteiger partial charge on any atom is -0.497 e. The number of carbonyl (C=O) groups is 1. The summed E-state index contributed by atoms with van der Waals surface area (Å²) in [7, 11) is 3.11. The fourth-order valence-corrected chi connectivity index (χ4v) is 2.64. The first-order chi connectivity index (χ1) is 12.3. The van der Waals surface area contributed by atoms with Gasteiger partial charge in [0.05, 0.1) is 14.2 Å². The zero-order valence-corrected chi connectivity index (χ0v) is 16.4. The Kier molecular flexibility index (Phi) is 6.75. The van der Waals surface area contributed by atoms with Crippen molar-refractivity contribution >= 4 is 23.2 Å². The Labute approximate surface area is 159 Å². The van der Waals surface area contributed by atoms with E-state index in [1.165, 1.54) is 0 Å². The summed E-state index contributed by atoms with van der Waals surface area (Å²) < 4.78 is 16.1. The summed E-state index contributed by atoms with van der Waals surface area (Å²) in [5.41, 5.74) is 2.45. The summed E-state index contributed by atoms with van der Waals surface area (Å²) >= 11 is 6.20. The highest BCUT2D eigenvalue weighted by Crippen LogP contribution is 2.32. The molecule has 0 saturated carbocycles. The van der Waals surface area contributed by atoms with Crippen LogP contribution in [0.2, 0.25) is 5.02 Å². The molecule has 2 rings (SSSR count). The smallest absolute Gasteiger partial charge is 0.262 e. The van der Waals surface area contributed by atoms with E-state index in [2.05, 4.69) is 19.2 Å². The van der Waals surface area contributed by atoms with Gasteiger partial charge in [-0.25, -0.2) is 0 Å². The Balaban J connectivity index is 2.09. The number of amides is 1. The lowest BCUT2D eigenvalue weighted by Crippen LogP contribution is -2.20. The topological polar surface area (TPSA) is 56.8 Å². The number of rotatable bonds is 7. The Hall–Kier alpha value is -2.40. The Morgan fingerprint density at radius 3 is 2.23 bits per heavy atom. The number of carbonyl (C=O) groups excluding carboxylic acids is 1. The number of methoxy groups -OCH3 is 2. The lowest BCUT2D eigenvalue weighted by atomic mass is 10.0. The summed E-state index contributed by atoms with van der Waals surface area (Å²) in [5, 5.41) is 3.48. The molecule has 26 heavy (non-hydrogen) atoms. The minimum atomic E-state index is -0.275. The van der Waals surface area contributed by atoms with Gasteiger partial charge in [-0.3, -0.25) is 4.79 Å². The maximum absolute atomic E-state index is 12.3. The molecule has 0 radical (unpaired) electrons. The number of ether oxygens (including phenoxy) is 3. The van der Waals surface area contributed by atoms with Crippen LogP contribution >= 0.6 is 11.6 Å². The molecule has 0 fully saturated rings. The molecule has 2 aromatic carbocycles. The largest absolute Gasteiger partial charge is 0.497 e. The monoisotopic (exact) mass is 377 g/mol. The SMILES string of the molecule is COc1cc(NC(=O)COc2cc(C)c(Cl)cc2C(C)C)cc(OC)c1. The highest BCUT2D eigenvalue weighted by atomic mass is 35.5. The molecular weight excluding hydrogens is 354 g/mol. The van der Waals surface area contributed by atoms with Crippen molar-refractivity contribution in [3.8, 4) is 17.2 Å². The number of anilines is 1. The van der Waals surface area contributed by atoms with Crippen LogP contribution in [0.15, 0.2) is 30.3 Å². The summed E-state index contributed by atoms with van der Waals surface area (Å²) in [6, 6.07) is 8.91. The molecule has 2 aromatic rings. The molecule has 140 valence electrons. The average molecular weight is 378 g/mol. The maximum atomic E-state index is 12.3. The third-order valence-corrected chi connectivity index (χ3v) is 4.31. The van der Waals surface area contributed by atoms with Crippen molar-refractivity contribution in [2.24, 2.45) is 0 Å². The first-order valence-electron chi connectivity index (χ1n) is 8.29. The molecule has 0 aliphatic carbocycles. The molecule has 1 N–H and O–H groups in total. The Morgan fingerprint density at radius 2 is 1.69 bits per heavy atom. The second-order valence-corrected chi connectivity index (χ2v) is 6.64.